The van der Waals surface area contributed by atoms with E-state index in [0.717, 1.165) is 6.42 Å². The molecule has 228 valence electrons. The van der Waals surface area contributed by atoms with Crippen molar-refractivity contribution in [1.82, 2.24) is 5.32 Å². The molecule has 16 heteroatoms. The molecule has 3 fully saturated rings. The molecular weight excluding hydrogens is 522 g/mol. The molecule has 3 rings (SSSR count). The monoisotopic (exact) mass is 567 g/mol. The molecule has 16 nitrogen and oxygen atoms in total. The average molecular weight is 568 g/mol. The summed E-state index contributed by atoms with van der Waals surface area (Å²) in [4.78, 5) is 12.6. The highest BCUT2D eigenvalue weighted by Crippen LogP contribution is 2.32. The fourth-order valence-electron chi connectivity index (χ4n) is 5.15. The normalized spacial score (nSPS) is 46.0. The van der Waals surface area contributed by atoms with Gasteiger partial charge in [0.2, 0.25) is 5.91 Å². The summed E-state index contributed by atoms with van der Waals surface area (Å²) in [6, 6.07) is -4.53. The first kappa shape index (κ1) is 32.4. The SMILES string of the molecule is CCC1CCC(N)[C@@H](OC2C(O)[C@@H](O[C@H]3OC(CO)[C@@H](O)[C@H](N)C3O)[C@H](NC(=O)[C@@H](O)CCN)C(O)[C@@H]2N)O1. The molecule has 2 saturated heterocycles. The van der Waals surface area contributed by atoms with Gasteiger partial charge in [0.15, 0.2) is 12.6 Å². The van der Waals surface area contributed by atoms with Gasteiger partial charge in [-0.15, -0.1) is 0 Å². The Morgan fingerprint density at radius 1 is 0.949 bits per heavy atom. The molecule has 39 heavy (non-hydrogen) atoms. The number of nitrogens with one attached hydrogen (secondary N) is 1. The molecule has 0 aromatic carbocycles. The lowest BCUT2D eigenvalue weighted by atomic mass is 9.81. The zero-order valence-corrected chi connectivity index (χ0v) is 21.9. The molecule has 3 aliphatic rings. The third-order valence-corrected chi connectivity index (χ3v) is 7.69. The Kier molecular flexibility index (Phi) is 11.8. The number of carbonyl (C=O) groups excluding carboxylic acids is 1. The number of hydrogen-bond donors (Lipinski definition) is 11. The Morgan fingerprint density at radius 3 is 2.23 bits per heavy atom. The largest absolute Gasteiger partial charge is 0.394 e. The van der Waals surface area contributed by atoms with Crippen molar-refractivity contribution in [3.63, 3.8) is 0 Å². The number of ether oxygens (including phenoxy) is 4. The van der Waals surface area contributed by atoms with Gasteiger partial charge in [0.05, 0.1) is 43.0 Å². The molecule has 0 aromatic rings. The fourth-order valence-corrected chi connectivity index (χ4v) is 5.15. The highest BCUT2D eigenvalue weighted by Gasteiger charge is 2.54. The van der Waals surface area contributed by atoms with E-state index in [1.807, 2.05) is 6.92 Å². The molecular formula is C23H45N5O11. The molecule has 15 atom stereocenters. The van der Waals surface area contributed by atoms with Crippen LogP contribution in [0.25, 0.3) is 0 Å². The van der Waals surface area contributed by atoms with Crippen molar-refractivity contribution in [2.45, 2.75) is 124 Å². The second-order valence-corrected chi connectivity index (χ2v) is 10.4. The van der Waals surface area contributed by atoms with Crippen LogP contribution in [0.1, 0.15) is 32.6 Å². The second-order valence-electron chi connectivity index (χ2n) is 10.4. The fraction of sp³-hybridized carbons (Fsp3) is 0.957. The van der Waals surface area contributed by atoms with E-state index in [-0.39, 0.29) is 19.1 Å². The van der Waals surface area contributed by atoms with Crippen LogP contribution in [0.5, 0.6) is 0 Å². The van der Waals surface area contributed by atoms with Crippen molar-refractivity contribution < 1.29 is 54.4 Å². The van der Waals surface area contributed by atoms with E-state index in [4.69, 9.17) is 41.9 Å². The van der Waals surface area contributed by atoms with Gasteiger partial charge in [-0.1, -0.05) is 6.92 Å². The number of aliphatic hydroxyl groups excluding tert-OH is 6. The second kappa shape index (κ2) is 14.2. The molecule has 2 heterocycles. The smallest absolute Gasteiger partial charge is 0.249 e. The van der Waals surface area contributed by atoms with Crippen molar-refractivity contribution in [1.29, 1.82) is 0 Å². The standard InChI is InChI=1S/C23H45N5O11/c1-2-8-3-4-9(25)22(36-8)38-19-13(27)16(32)14(28-21(35)10(30)5-6-24)20(18(19)34)39-23-17(33)12(26)15(31)11(7-29)37-23/h8-20,22-23,29-34H,2-7,24-27H2,1H3,(H,28,35)/t8?,9?,10-,11?,12-,13-,14+,15+,16?,17?,18?,19?,20-,22+,23+/m0/s1. The maximum atomic E-state index is 12.6. The third kappa shape index (κ3) is 7.22. The Morgan fingerprint density at radius 2 is 1.62 bits per heavy atom. The third-order valence-electron chi connectivity index (χ3n) is 7.69. The number of carbonyl (C=O) groups is 1. The first-order valence-corrected chi connectivity index (χ1v) is 13.3. The van der Waals surface area contributed by atoms with E-state index < -0.39 is 98.1 Å². The summed E-state index contributed by atoms with van der Waals surface area (Å²) >= 11 is 0. The molecule has 0 spiro atoms. The van der Waals surface area contributed by atoms with Crippen LogP contribution in [-0.4, -0.2) is 141 Å². The maximum Gasteiger partial charge on any atom is 0.249 e. The Labute approximate surface area is 226 Å². The summed E-state index contributed by atoms with van der Waals surface area (Å²) in [7, 11) is 0. The summed E-state index contributed by atoms with van der Waals surface area (Å²) in [6.45, 7) is 1.29. The van der Waals surface area contributed by atoms with Crippen molar-refractivity contribution in [2.75, 3.05) is 13.2 Å². The number of rotatable bonds is 10. The van der Waals surface area contributed by atoms with Gasteiger partial charge >= 0.3 is 0 Å². The van der Waals surface area contributed by atoms with E-state index in [9.17, 15) is 35.4 Å². The van der Waals surface area contributed by atoms with Crippen LogP contribution in [0.3, 0.4) is 0 Å². The van der Waals surface area contributed by atoms with Gasteiger partial charge in [0, 0.05) is 0 Å². The van der Waals surface area contributed by atoms with Crippen molar-refractivity contribution in [3.05, 3.63) is 0 Å². The van der Waals surface area contributed by atoms with Gasteiger partial charge in [-0.05, 0) is 32.2 Å². The molecule has 1 amide bonds. The van der Waals surface area contributed by atoms with E-state index in [1.165, 1.54) is 0 Å². The van der Waals surface area contributed by atoms with Gasteiger partial charge in [0.25, 0.3) is 0 Å². The summed E-state index contributed by atoms with van der Waals surface area (Å²) in [6.07, 6.45) is -12.6. The van der Waals surface area contributed by atoms with Crippen LogP contribution in [0.4, 0.5) is 0 Å². The Bertz CT molecular complexity index is 785. The summed E-state index contributed by atoms with van der Waals surface area (Å²) < 4.78 is 23.2. The maximum absolute atomic E-state index is 12.6. The zero-order valence-electron chi connectivity index (χ0n) is 21.9. The highest BCUT2D eigenvalue weighted by atomic mass is 16.7. The van der Waals surface area contributed by atoms with Gasteiger partial charge in [-0.3, -0.25) is 4.79 Å². The summed E-state index contributed by atoms with van der Waals surface area (Å²) in [5, 5.41) is 65.4. The molecule has 2 aliphatic heterocycles. The molecule has 1 saturated carbocycles. The van der Waals surface area contributed by atoms with Crippen LogP contribution in [0.2, 0.25) is 0 Å². The van der Waals surface area contributed by atoms with Crippen molar-refractivity contribution >= 4 is 5.91 Å². The number of aliphatic hydroxyl groups is 6. The average Bonchev–Trinajstić information content (AvgIpc) is 2.92. The number of nitrogens with two attached hydrogens (primary N) is 4. The topological polar surface area (TPSA) is 291 Å². The minimum Gasteiger partial charge on any atom is -0.394 e. The van der Waals surface area contributed by atoms with E-state index >= 15 is 0 Å². The lowest BCUT2D eigenvalue weighted by Crippen LogP contribution is -2.74. The van der Waals surface area contributed by atoms with E-state index in [1.54, 1.807) is 0 Å². The minimum atomic E-state index is -1.65. The van der Waals surface area contributed by atoms with Gasteiger partial charge in [-0.2, -0.15) is 0 Å². The summed E-state index contributed by atoms with van der Waals surface area (Å²) in [5.41, 5.74) is 23.7. The Hall–Kier alpha value is -1.09. The predicted octanol–water partition coefficient (Wildman–Crippen LogP) is -5.98. The molecule has 0 bridgehead atoms. The van der Waals surface area contributed by atoms with Crippen LogP contribution >= 0.6 is 0 Å². The number of hydrogen-bond acceptors (Lipinski definition) is 15. The van der Waals surface area contributed by atoms with Crippen LogP contribution in [-0.2, 0) is 23.7 Å². The van der Waals surface area contributed by atoms with Crippen molar-refractivity contribution in [2.24, 2.45) is 22.9 Å². The van der Waals surface area contributed by atoms with Crippen LogP contribution < -0.4 is 28.3 Å². The zero-order chi connectivity index (χ0) is 29.0. The van der Waals surface area contributed by atoms with Gasteiger partial charge < -0.3 is 77.8 Å². The predicted molar refractivity (Wildman–Crippen MR) is 133 cm³/mol. The molecule has 7 unspecified atom stereocenters. The van der Waals surface area contributed by atoms with Crippen LogP contribution in [0, 0.1) is 0 Å². The lowest BCUT2D eigenvalue weighted by Gasteiger charge is -2.50. The number of amides is 1. The highest BCUT2D eigenvalue weighted by molar-refractivity contribution is 5.81. The summed E-state index contributed by atoms with van der Waals surface area (Å²) in [5.74, 6) is -0.911. The molecule has 1 aliphatic carbocycles. The van der Waals surface area contributed by atoms with Crippen molar-refractivity contribution in [3.8, 4) is 0 Å². The molecule has 0 aromatic heterocycles. The molecule has 15 N–H and O–H groups in total. The first-order valence-electron chi connectivity index (χ1n) is 13.3. The van der Waals surface area contributed by atoms with E-state index in [2.05, 4.69) is 5.32 Å². The van der Waals surface area contributed by atoms with Gasteiger partial charge in [-0.25, -0.2) is 0 Å². The quantitative estimate of drug-likeness (QED) is 0.117. The van der Waals surface area contributed by atoms with E-state index in [0.29, 0.717) is 12.8 Å². The Balaban J connectivity index is 1.88. The minimum absolute atomic E-state index is 0.00502. The van der Waals surface area contributed by atoms with Crippen LogP contribution in [0.15, 0.2) is 0 Å². The molecule has 0 radical (unpaired) electrons. The lowest BCUT2D eigenvalue weighted by molar-refractivity contribution is -0.319. The van der Waals surface area contributed by atoms with Gasteiger partial charge in [0.1, 0.15) is 42.7 Å². The first-order chi connectivity index (χ1) is 18.4.